The van der Waals surface area contributed by atoms with Gasteiger partial charge < -0.3 is 13.9 Å². The van der Waals surface area contributed by atoms with Crippen LogP contribution in [0, 0.1) is 13.8 Å². The summed E-state index contributed by atoms with van der Waals surface area (Å²) in [5, 5.41) is 0. The Kier molecular flexibility index (Phi) is 5.58. The number of furan rings is 1. The lowest BCUT2D eigenvalue weighted by atomic mass is 10.1. The Balaban J connectivity index is 2.15. The summed E-state index contributed by atoms with van der Waals surface area (Å²) in [4.78, 5) is 24.2. The van der Waals surface area contributed by atoms with Gasteiger partial charge in [-0.2, -0.15) is 8.78 Å². The first-order valence-electron chi connectivity index (χ1n) is 7.13. The number of benzene rings is 1. The van der Waals surface area contributed by atoms with Crippen LogP contribution in [0.15, 0.2) is 28.7 Å². The van der Waals surface area contributed by atoms with Gasteiger partial charge in [-0.3, -0.25) is 20.4 Å². The molecule has 0 radical (unpaired) electrons. The number of hydrogen-bond donors (Lipinski definition) is 2. The SMILES string of the molecule is COc1cccc(C(=O)NNC(=O)c2cc(C)oc2C)c1OC(F)F. The van der Waals surface area contributed by atoms with Crippen molar-refractivity contribution in [3.63, 3.8) is 0 Å². The molecule has 0 bridgehead atoms. The summed E-state index contributed by atoms with van der Waals surface area (Å²) in [5.74, 6) is -1.01. The largest absolute Gasteiger partial charge is 0.493 e. The molecule has 0 unspecified atom stereocenters. The minimum absolute atomic E-state index is 0.0411. The molecule has 9 heteroatoms. The Hall–Kier alpha value is -3.10. The van der Waals surface area contributed by atoms with Gasteiger partial charge in [0.15, 0.2) is 11.5 Å². The summed E-state index contributed by atoms with van der Waals surface area (Å²) < 4.78 is 39.6. The number of methoxy groups -OCH3 is 1. The Bertz CT molecular complexity index is 789. The maximum Gasteiger partial charge on any atom is 0.387 e. The van der Waals surface area contributed by atoms with E-state index in [0.29, 0.717) is 11.5 Å². The molecule has 0 saturated carbocycles. The predicted molar refractivity (Wildman–Crippen MR) is 82.7 cm³/mol. The summed E-state index contributed by atoms with van der Waals surface area (Å²) in [6.45, 7) is 0.126. The maximum atomic E-state index is 12.6. The van der Waals surface area contributed by atoms with E-state index in [1.165, 1.54) is 31.4 Å². The van der Waals surface area contributed by atoms with Gasteiger partial charge >= 0.3 is 6.61 Å². The van der Waals surface area contributed by atoms with E-state index in [4.69, 9.17) is 9.15 Å². The van der Waals surface area contributed by atoms with Crippen molar-refractivity contribution < 1.29 is 32.3 Å². The average Bonchev–Trinajstić information content (AvgIpc) is 2.90. The molecule has 0 saturated heterocycles. The van der Waals surface area contributed by atoms with Gasteiger partial charge in [0.05, 0.1) is 18.2 Å². The van der Waals surface area contributed by atoms with E-state index < -0.39 is 24.2 Å². The molecular weight excluding hydrogens is 338 g/mol. The fourth-order valence-corrected chi connectivity index (χ4v) is 2.17. The first-order valence-corrected chi connectivity index (χ1v) is 7.13. The first-order chi connectivity index (χ1) is 11.8. The molecule has 0 aliphatic carbocycles. The van der Waals surface area contributed by atoms with E-state index in [1.807, 2.05) is 0 Å². The fourth-order valence-electron chi connectivity index (χ4n) is 2.17. The van der Waals surface area contributed by atoms with Crippen molar-refractivity contribution in [2.75, 3.05) is 7.11 Å². The zero-order valence-electron chi connectivity index (χ0n) is 13.7. The number of aryl methyl sites for hydroxylation is 2. The average molecular weight is 354 g/mol. The van der Waals surface area contributed by atoms with Crippen molar-refractivity contribution in [1.82, 2.24) is 10.9 Å². The molecule has 134 valence electrons. The minimum atomic E-state index is -3.14. The van der Waals surface area contributed by atoms with Crippen LogP contribution in [-0.2, 0) is 0 Å². The summed E-state index contributed by atoms with van der Waals surface area (Å²) in [5.41, 5.74) is 4.35. The van der Waals surface area contributed by atoms with Gasteiger partial charge in [-0.25, -0.2) is 0 Å². The summed E-state index contributed by atoms with van der Waals surface area (Å²) in [6.07, 6.45) is 0. The zero-order chi connectivity index (χ0) is 18.6. The molecule has 1 aromatic heterocycles. The van der Waals surface area contributed by atoms with E-state index in [1.54, 1.807) is 13.8 Å². The van der Waals surface area contributed by atoms with Crippen molar-refractivity contribution in [3.05, 3.63) is 46.9 Å². The number of carbonyl (C=O) groups is 2. The van der Waals surface area contributed by atoms with Crippen molar-refractivity contribution in [1.29, 1.82) is 0 Å². The Morgan fingerprint density at radius 1 is 1.12 bits per heavy atom. The number of alkyl halides is 2. The molecule has 0 aliphatic heterocycles. The van der Waals surface area contributed by atoms with Crippen molar-refractivity contribution in [3.8, 4) is 11.5 Å². The number of hydrazine groups is 1. The van der Waals surface area contributed by atoms with Gasteiger partial charge in [-0.05, 0) is 32.0 Å². The second-order valence-corrected chi connectivity index (χ2v) is 4.95. The number of amides is 2. The van der Waals surface area contributed by atoms with Gasteiger partial charge in [0, 0.05) is 0 Å². The van der Waals surface area contributed by atoms with Crippen LogP contribution in [0.1, 0.15) is 32.2 Å². The van der Waals surface area contributed by atoms with Crippen molar-refractivity contribution >= 4 is 11.8 Å². The molecule has 7 nitrogen and oxygen atoms in total. The molecule has 1 heterocycles. The summed E-state index contributed by atoms with van der Waals surface area (Å²) in [7, 11) is 1.25. The fraction of sp³-hybridized carbons (Fsp3) is 0.250. The van der Waals surface area contributed by atoms with Crippen LogP contribution in [0.2, 0.25) is 0 Å². The number of rotatable bonds is 5. The van der Waals surface area contributed by atoms with Crippen LogP contribution in [0.3, 0.4) is 0 Å². The Morgan fingerprint density at radius 2 is 1.76 bits per heavy atom. The molecule has 0 atom stereocenters. The number of ether oxygens (including phenoxy) is 2. The molecular formula is C16H16F2N2O5. The maximum absolute atomic E-state index is 12.6. The van der Waals surface area contributed by atoms with Gasteiger partial charge in [-0.1, -0.05) is 6.07 Å². The second-order valence-electron chi connectivity index (χ2n) is 4.95. The molecule has 2 rings (SSSR count). The van der Waals surface area contributed by atoms with Crippen molar-refractivity contribution in [2.45, 2.75) is 20.5 Å². The van der Waals surface area contributed by atoms with E-state index in [2.05, 4.69) is 15.6 Å². The lowest BCUT2D eigenvalue weighted by Crippen LogP contribution is -2.41. The monoisotopic (exact) mass is 354 g/mol. The highest BCUT2D eigenvalue weighted by molar-refractivity contribution is 6.01. The third-order valence-electron chi connectivity index (χ3n) is 3.23. The van der Waals surface area contributed by atoms with E-state index in [-0.39, 0.29) is 16.9 Å². The van der Waals surface area contributed by atoms with Crippen LogP contribution in [0.25, 0.3) is 0 Å². The normalized spacial score (nSPS) is 10.5. The summed E-state index contributed by atoms with van der Waals surface area (Å²) in [6, 6.07) is 5.56. The van der Waals surface area contributed by atoms with Crippen molar-refractivity contribution in [2.24, 2.45) is 0 Å². The quantitative estimate of drug-likeness (QED) is 0.806. The smallest absolute Gasteiger partial charge is 0.387 e. The van der Waals surface area contributed by atoms with Gasteiger partial charge in [0.25, 0.3) is 11.8 Å². The van der Waals surface area contributed by atoms with Crippen LogP contribution < -0.4 is 20.3 Å². The molecule has 0 fully saturated rings. The van der Waals surface area contributed by atoms with Crippen LogP contribution in [-0.4, -0.2) is 25.5 Å². The van der Waals surface area contributed by atoms with Crippen LogP contribution >= 0.6 is 0 Å². The van der Waals surface area contributed by atoms with Gasteiger partial charge in [0.1, 0.15) is 11.5 Å². The second kappa shape index (κ2) is 7.65. The summed E-state index contributed by atoms with van der Waals surface area (Å²) >= 11 is 0. The van der Waals surface area contributed by atoms with E-state index >= 15 is 0 Å². The predicted octanol–water partition coefficient (Wildman–Crippen LogP) is 2.58. The first kappa shape index (κ1) is 18.2. The minimum Gasteiger partial charge on any atom is -0.493 e. The highest BCUT2D eigenvalue weighted by Gasteiger charge is 2.21. The Labute approximate surface area is 141 Å². The lowest BCUT2D eigenvalue weighted by molar-refractivity contribution is -0.0515. The third kappa shape index (κ3) is 4.25. The number of para-hydroxylation sites is 1. The van der Waals surface area contributed by atoms with Crippen LogP contribution in [0.4, 0.5) is 8.78 Å². The molecule has 2 amide bonds. The molecule has 2 aromatic rings. The number of nitrogens with one attached hydrogen (secondary N) is 2. The molecule has 0 spiro atoms. The highest BCUT2D eigenvalue weighted by Crippen LogP contribution is 2.32. The number of carbonyl (C=O) groups excluding carboxylic acids is 2. The topological polar surface area (TPSA) is 89.8 Å². The number of hydrogen-bond acceptors (Lipinski definition) is 5. The van der Waals surface area contributed by atoms with Gasteiger partial charge in [0.2, 0.25) is 0 Å². The number of halogens is 2. The standard InChI is InChI=1S/C16H16F2N2O5/c1-8-7-11(9(2)24-8)15(22)20-19-14(21)10-5-4-6-12(23-3)13(10)25-16(17)18/h4-7,16H,1-3H3,(H,19,21)(H,20,22). The third-order valence-corrected chi connectivity index (χ3v) is 3.23. The van der Waals surface area contributed by atoms with E-state index in [0.717, 1.165) is 0 Å². The van der Waals surface area contributed by atoms with E-state index in [9.17, 15) is 18.4 Å². The lowest BCUT2D eigenvalue weighted by Gasteiger charge is -2.14. The zero-order valence-corrected chi connectivity index (χ0v) is 13.7. The molecule has 2 N–H and O–H groups in total. The molecule has 0 aliphatic rings. The van der Waals surface area contributed by atoms with Gasteiger partial charge in [-0.15, -0.1) is 0 Å². The molecule has 25 heavy (non-hydrogen) atoms. The highest BCUT2D eigenvalue weighted by atomic mass is 19.3. The molecule has 1 aromatic carbocycles. The Morgan fingerprint density at radius 3 is 2.28 bits per heavy atom. The van der Waals surface area contributed by atoms with Crippen LogP contribution in [0.5, 0.6) is 11.5 Å².